The number of carboxylic acid groups (broad SMARTS) is 1. The molecular weight excluding hydrogens is 98.0 g/mol. The second kappa shape index (κ2) is 3.58. The second-order valence-electron chi connectivity index (χ2n) is 1.13. The van der Waals surface area contributed by atoms with E-state index in [1.165, 1.54) is 6.92 Å². The lowest BCUT2D eigenvalue weighted by Gasteiger charge is -1.90. The van der Waals surface area contributed by atoms with Gasteiger partial charge in [-0.05, 0) is 6.92 Å². The SMILES string of the molecule is C[C@H](N)C(=O)O.O. The molecule has 0 aromatic heterocycles. The summed E-state index contributed by atoms with van der Waals surface area (Å²) in [7, 11) is 0. The van der Waals surface area contributed by atoms with Crippen molar-refractivity contribution in [2.45, 2.75) is 13.0 Å². The molecular formula is C3H9NO3. The van der Waals surface area contributed by atoms with Crippen LogP contribution in [0, 0.1) is 0 Å². The molecule has 4 heteroatoms. The second-order valence-corrected chi connectivity index (χ2v) is 1.13. The van der Waals surface area contributed by atoms with Crippen molar-refractivity contribution in [3.63, 3.8) is 0 Å². The van der Waals surface area contributed by atoms with Crippen molar-refractivity contribution < 1.29 is 15.4 Å². The molecule has 0 heterocycles. The highest BCUT2D eigenvalue weighted by Crippen LogP contribution is 1.68. The first-order chi connectivity index (χ1) is 2.64. The minimum absolute atomic E-state index is 0. The number of hydrogen-bond donors (Lipinski definition) is 2. The number of carbonyl (C=O) groups is 1. The topological polar surface area (TPSA) is 94.8 Å². The minimum atomic E-state index is -0.963. The smallest absolute Gasteiger partial charge is 0.320 e. The van der Waals surface area contributed by atoms with Gasteiger partial charge in [0, 0.05) is 0 Å². The summed E-state index contributed by atoms with van der Waals surface area (Å²) in [6, 6.07) is -0.731. The minimum Gasteiger partial charge on any atom is -0.480 e. The molecule has 0 radical (unpaired) electrons. The summed E-state index contributed by atoms with van der Waals surface area (Å²) in [6.45, 7) is 1.42. The highest BCUT2D eigenvalue weighted by Gasteiger charge is 1.99. The molecule has 0 amide bonds. The third kappa shape index (κ3) is 5.39. The quantitative estimate of drug-likeness (QED) is 0.431. The van der Waals surface area contributed by atoms with E-state index in [0.717, 1.165) is 0 Å². The zero-order valence-electron chi connectivity index (χ0n) is 4.01. The van der Waals surface area contributed by atoms with Gasteiger partial charge in [-0.3, -0.25) is 4.79 Å². The molecule has 5 N–H and O–H groups in total. The van der Waals surface area contributed by atoms with Crippen LogP contribution in [-0.2, 0) is 4.79 Å². The van der Waals surface area contributed by atoms with Crippen LogP contribution in [0.1, 0.15) is 6.92 Å². The van der Waals surface area contributed by atoms with Crippen LogP contribution in [0.2, 0.25) is 0 Å². The fourth-order valence-corrected chi connectivity index (χ4v) is 0. The summed E-state index contributed by atoms with van der Waals surface area (Å²) in [5.74, 6) is -0.963. The van der Waals surface area contributed by atoms with Crippen molar-refractivity contribution in [3.05, 3.63) is 0 Å². The average Bonchev–Trinajstić information content (AvgIpc) is 1.36. The molecule has 44 valence electrons. The van der Waals surface area contributed by atoms with E-state index in [1.54, 1.807) is 0 Å². The molecule has 0 aliphatic heterocycles. The highest BCUT2D eigenvalue weighted by molar-refractivity contribution is 5.72. The number of aliphatic carboxylic acids is 1. The Morgan fingerprint density at radius 1 is 1.86 bits per heavy atom. The number of carboxylic acids is 1. The first-order valence-corrected chi connectivity index (χ1v) is 1.63. The Bertz CT molecular complexity index is 61.2. The summed E-state index contributed by atoms with van der Waals surface area (Å²) >= 11 is 0. The van der Waals surface area contributed by atoms with Gasteiger partial charge < -0.3 is 16.3 Å². The van der Waals surface area contributed by atoms with Gasteiger partial charge in [-0.1, -0.05) is 0 Å². The predicted molar refractivity (Wildman–Crippen MR) is 24.9 cm³/mol. The fraction of sp³-hybridized carbons (Fsp3) is 0.667. The van der Waals surface area contributed by atoms with Crippen molar-refractivity contribution in [1.29, 1.82) is 0 Å². The molecule has 0 rings (SSSR count). The van der Waals surface area contributed by atoms with Crippen LogP contribution in [-0.4, -0.2) is 22.6 Å². The zero-order chi connectivity index (χ0) is 5.15. The van der Waals surface area contributed by atoms with Crippen molar-refractivity contribution in [1.82, 2.24) is 0 Å². The van der Waals surface area contributed by atoms with Gasteiger partial charge in [0.25, 0.3) is 0 Å². The molecule has 7 heavy (non-hydrogen) atoms. The van der Waals surface area contributed by atoms with E-state index in [9.17, 15) is 4.79 Å². The van der Waals surface area contributed by atoms with Crippen LogP contribution < -0.4 is 5.73 Å². The van der Waals surface area contributed by atoms with E-state index in [2.05, 4.69) is 0 Å². The molecule has 1 atom stereocenters. The molecule has 0 spiro atoms. The fourth-order valence-electron chi connectivity index (χ4n) is 0. The molecule has 0 saturated carbocycles. The van der Waals surface area contributed by atoms with E-state index in [1.807, 2.05) is 0 Å². The molecule has 0 aliphatic carbocycles. The Kier molecular flexibility index (Phi) is 4.92. The van der Waals surface area contributed by atoms with E-state index >= 15 is 0 Å². The van der Waals surface area contributed by atoms with Gasteiger partial charge in [0.05, 0.1) is 0 Å². The monoisotopic (exact) mass is 107 g/mol. The Morgan fingerprint density at radius 3 is 2.00 bits per heavy atom. The number of nitrogens with two attached hydrogens (primary N) is 1. The maximum absolute atomic E-state index is 9.57. The Labute approximate surface area is 41.2 Å². The van der Waals surface area contributed by atoms with Crippen LogP contribution in [0.3, 0.4) is 0 Å². The van der Waals surface area contributed by atoms with Crippen molar-refractivity contribution >= 4 is 5.97 Å². The van der Waals surface area contributed by atoms with Gasteiger partial charge in [0.1, 0.15) is 6.04 Å². The first kappa shape index (κ1) is 9.63. The first-order valence-electron chi connectivity index (χ1n) is 1.63. The van der Waals surface area contributed by atoms with Gasteiger partial charge in [0.2, 0.25) is 0 Å². The van der Waals surface area contributed by atoms with Gasteiger partial charge in [-0.25, -0.2) is 0 Å². The largest absolute Gasteiger partial charge is 0.480 e. The standard InChI is InChI=1S/C3H7NO2.H2O/c1-2(4)3(5)6;/h2H,4H2,1H3,(H,5,6);1H2/t2-;/m0./s1. The number of hydrogen-bond acceptors (Lipinski definition) is 2. The molecule has 0 fully saturated rings. The lowest BCUT2D eigenvalue weighted by Crippen LogP contribution is -2.25. The highest BCUT2D eigenvalue weighted by atomic mass is 16.4. The molecule has 0 aromatic rings. The Hall–Kier alpha value is -0.610. The van der Waals surface area contributed by atoms with Crippen molar-refractivity contribution in [3.8, 4) is 0 Å². The summed E-state index contributed by atoms with van der Waals surface area (Å²) in [4.78, 5) is 9.57. The Balaban J connectivity index is 0. The maximum atomic E-state index is 9.57. The predicted octanol–water partition coefficient (Wildman–Crippen LogP) is -1.41. The van der Waals surface area contributed by atoms with Gasteiger partial charge in [-0.15, -0.1) is 0 Å². The van der Waals surface area contributed by atoms with E-state index in [-0.39, 0.29) is 5.48 Å². The maximum Gasteiger partial charge on any atom is 0.320 e. The van der Waals surface area contributed by atoms with E-state index in [4.69, 9.17) is 10.8 Å². The van der Waals surface area contributed by atoms with Gasteiger partial charge in [0.15, 0.2) is 0 Å². The summed E-state index contributed by atoms with van der Waals surface area (Å²) in [6.07, 6.45) is 0. The van der Waals surface area contributed by atoms with Crippen molar-refractivity contribution in [2.24, 2.45) is 5.73 Å². The summed E-state index contributed by atoms with van der Waals surface area (Å²) in [5.41, 5.74) is 4.84. The van der Waals surface area contributed by atoms with Crippen LogP contribution in [0.15, 0.2) is 0 Å². The van der Waals surface area contributed by atoms with Crippen LogP contribution >= 0.6 is 0 Å². The molecule has 0 bridgehead atoms. The lowest BCUT2D eigenvalue weighted by atomic mass is 10.4. The zero-order valence-corrected chi connectivity index (χ0v) is 4.01. The average molecular weight is 107 g/mol. The number of rotatable bonds is 1. The molecule has 0 aliphatic rings. The van der Waals surface area contributed by atoms with Crippen LogP contribution in [0.5, 0.6) is 0 Å². The molecule has 0 saturated heterocycles. The lowest BCUT2D eigenvalue weighted by molar-refractivity contribution is -0.138. The molecule has 4 nitrogen and oxygen atoms in total. The van der Waals surface area contributed by atoms with Crippen molar-refractivity contribution in [2.75, 3.05) is 0 Å². The summed E-state index contributed by atoms with van der Waals surface area (Å²) < 4.78 is 0. The van der Waals surface area contributed by atoms with Crippen LogP contribution in [0.25, 0.3) is 0 Å². The van der Waals surface area contributed by atoms with E-state index < -0.39 is 12.0 Å². The third-order valence-corrected chi connectivity index (χ3v) is 0.390. The molecule has 0 unspecified atom stereocenters. The normalized spacial score (nSPS) is 11.7. The van der Waals surface area contributed by atoms with Gasteiger partial charge in [-0.2, -0.15) is 0 Å². The molecule has 0 aromatic carbocycles. The Morgan fingerprint density at radius 2 is 2.00 bits per heavy atom. The third-order valence-electron chi connectivity index (χ3n) is 0.390. The van der Waals surface area contributed by atoms with Gasteiger partial charge >= 0.3 is 5.97 Å². The summed E-state index contributed by atoms with van der Waals surface area (Å²) in [5, 5.41) is 7.87. The van der Waals surface area contributed by atoms with Crippen LogP contribution in [0.4, 0.5) is 0 Å². The van der Waals surface area contributed by atoms with E-state index in [0.29, 0.717) is 0 Å².